The van der Waals surface area contributed by atoms with Crippen LogP contribution in [0.1, 0.15) is 15.9 Å². The van der Waals surface area contributed by atoms with Gasteiger partial charge in [-0.05, 0) is 41.5 Å². The van der Waals surface area contributed by atoms with Gasteiger partial charge in [0.1, 0.15) is 0 Å². The van der Waals surface area contributed by atoms with E-state index >= 15 is 0 Å². The summed E-state index contributed by atoms with van der Waals surface area (Å²) in [5.41, 5.74) is 6.61. The minimum absolute atomic E-state index is 0.0821. The maximum Gasteiger partial charge on any atom is 0.194 e. The predicted octanol–water partition coefficient (Wildman–Crippen LogP) is 7.63. The van der Waals surface area contributed by atoms with E-state index in [1.807, 2.05) is 72.8 Å². The summed E-state index contributed by atoms with van der Waals surface area (Å²) in [4.78, 5) is 15.6. The van der Waals surface area contributed by atoms with Crippen LogP contribution in [0, 0.1) is 0 Å². The minimum atomic E-state index is 0.0821. The largest absolute Gasteiger partial charge is 0.453 e. The van der Waals surface area contributed by atoms with Crippen molar-refractivity contribution in [2.75, 3.05) is 4.90 Å². The number of rotatable bonds is 1. The van der Waals surface area contributed by atoms with Crippen LogP contribution < -0.4 is 9.64 Å². The number of nitrogens with zero attached hydrogens (tertiary/aromatic N) is 1. The summed E-state index contributed by atoms with van der Waals surface area (Å²) in [5, 5.41) is 2.06. The summed E-state index contributed by atoms with van der Waals surface area (Å²) < 4.78 is 6.19. The highest BCUT2D eigenvalue weighted by Crippen LogP contribution is 2.53. The second-order valence-electron chi connectivity index (χ2n) is 8.11. The Morgan fingerprint density at radius 2 is 1.12 bits per heavy atom. The van der Waals surface area contributed by atoms with Gasteiger partial charge in [0.25, 0.3) is 0 Å². The number of carbonyl (C=O) groups is 1. The number of ether oxygens (including phenoxy) is 1. The van der Waals surface area contributed by atoms with Gasteiger partial charge in [-0.15, -0.1) is 0 Å². The molecule has 0 saturated heterocycles. The average molecular weight is 411 g/mol. The van der Waals surface area contributed by atoms with Crippen molar-refractivity contribution >= 4 is 33.6 Å². The second-order valence-corrected chi connectivity index (χ2v) is 8.11. The number of anilines is 3. The molecule has 0 bridgehead atoms. The van der Waals surface area contributed by atoms with E-state index < -0.39 is 0 Å². The Balaban J connectivity index is 1.57. The molecule has 0 unspecified atom stereocenters. The molecule has 2 aliphatic rings. The molecule has 1 heterocycles. The fourth-order valence-electron chi connectivity index (χ4n) is 5.03. The van der Waals surface area contributed by atoms with Crippen molar-refractivity contribution in [3.05, 3.63) is 114 Å². The molecule has 3 heteroatoms. The molecule has 1 aliphatic carbocycles. The van der Waals surface area contributed by atoms with Gasteiger partial charge >= 0.3 is 0 Å². The van der Waals surface area contributed by atoms with E-state index in [0.29, 0.717) is 0 Å². The standard InChI is InChI=1S/C29H17NO2/c31-29-20-9-2-1-8-18(20)19-16-17-23(21-10-7-11-22(29)28(19)21)30-24-12-3-5-14-26(24)32-27-15-6-4-13-25(27)30/h1-17H. The van der Waals surface area contributed by atoms with Crippen molar-refractivity contribution in [3.63, 3.8) is 0 Å². The molecule has 5 aromatic carbocycles. The molecule has 7 rings (SSSR count). The predicted molar refractivity (Wildman–Crippen MR) is 128 cm³/mol. The fourth-order valence-corrected chi connectivity index (χ4v) is 5.03. The Labute approximate surface area is 185 Å². The molecule has 0 aromatic heterocycles. The molecule has 0 N–H and O–H groups in total. The van der Waals surface area contributed by atoms with Crippen LogP contribution in [0.4, 0.5) is 17.1 Å². The Hall–Kier alpha value is -4.37. The van der Waals surface area contributed by atoms with Crippen molar-refractivity contribution in [3.8, 4) is 22.6 Å². The van der Waals surface area contributed by atoms with Crippen LogP contribution in [0.15, 0.2) is 103 Å². The van der Waals surface area contributed by atoms with E-state index in [-0.39, 0.29) is 5.78 Å². The van der Waals surface area contributed by atoms with Crippen LogP contribution in [0.2, 0.25) is 0 Å². The van der Waals surface area contributed by atoms with Gasteiger partial charge < -0.3 is 9.64 Å². The van der Waals surface area contributed by atoms with E-state index in [1.54, 1.807) is 0 Å². The van der Waals surface area contributed by atoms with Gasteiger partial charge in [0, 0.05) is 21.9 Å². The summed E-state index contributed by atoms with van der Waals surface area (Å²) in [6.45, 7) is 0. The third-order valence-corrected chi connectivity index (χ3v) is 6.40. The Bertz CT molecular complexity index is 1540. The zero-order valence-corrected chi connectivity index (χ0v) is 17.1. The molecule has 1 aliphatic heterocycles. The number of benzene rings is 5. The Morgan fingerprint density at radius 1 is 0.500 bits per heavy atom. The van der Waals surface area contributed by atoms with Crippen molar-refractivity contribution in [1.29, 1.82) is 0 Å². The molecule has 0 fully saturated rings. The van der Waals surface area contributed by atoms with E-state index in [4.69, 9.17) is 4.74 Å². The number of fused-ring (bicyclic) bond motifs is 4. The van der Waals surface area contributed by atoms with Gasteiger partial charge in [-0.1, -0.05) is 72.8 Å². The van der Waals surface area contributed by atoms with Gasteiger partial charge in [0.2, 0.25) is 0 Å². The second kappa shape index (κ2) is 6.32. The molecular weight excluding hydrogens is 394 g/mol. The van der Waals surface area contributed by atoms with Gasteiger partial charge in [0.05, 0.1) is 17.1 Å². The first-order valence-electron chi connectivity index (χ1n) is 10.7. The van der Waals surface area contributed by atoms with Crippen LogP contribution in [-0.4, -0.2) is 5.78 Å². The molecule has 3 nitrogen and oxygen atoms in total. The molecule has 32 heavy (non-hydrogen) atoms. The Kier molecular flexibility index (Phi) is 3.42. The lowest BCUT2D eigenvalue weighted by Gasteiger charge is -2.34. The number of para-hydroxylation sites is 4. The van der Waals surface area contributed by atoms with Crippen LogP contribution >= 0.6 is 0 Å². The molecule has 0 saturated carbocycles. The highest BCUT2D eigenvalue weighted by Gasteiger charge is 2.30. The first-order valence-corrected chi connectivity index (χ1v) is 10.7. The molecule has 0 spiro atoms. The summed E-state index contributed by atoms with van der Waals surface area (Å²) in [6.07, 6.45) is 0. The first kappa shape index (κ1) is 17.3. The normalized spacial score (nSPS) is 13.2. The van der Waals surface area contributed by atoms with E-state index in [1.165, 1.54) is 0 Å². The SMILES string of the molecule is O=C1c2ccccc2-c2ccc(N3c4ccccc4Oc4ccccc43)c3cccc1c23. The van der Waals surface area contributed by atoms with Gasteiger partial charge in [0.15, 0.2) is 17.3 Å². The lowest BCUT2D eigenvalue weighted by molar-refractivity contribution is 0.104. The number of hydrogen-bond acceptors (Lipinski definition) is 3. The highest BCUT2D eigenvalue weighted by molar-refractivity contribution is 6.27. The number of carbonyl (C=O) groups excluding carboxylic acids is 1. The summed E-state index contributed by atoms with van der Waals surface area (Å²) >= 11 is 0. The van der Waals surface area contributed by atoms with Gasteiger partial charge in [-0.25, -0.2) is 0 Å². The maximum absolute atomic E-state index is 13.3. The summed E-state index contributed by atoms with van der Waals surface area (Å²) in [6, 6.07) is 34.3. The van der Waals surface area contributed by atoms with Crippen molar-refractivity contribution < 1.29 is 9.53 Å². The molecule has 0 amide bonds. The van der Waals surface area contributed by atoms with Gasteiger partial charge in [-0.2, -0.15) is 0 Å². The lowest BCUT2D eigenvalue weighted by Crippen LogP contribution is -2.17. The molecule has 5 aromatic rings. The van der Waals surface area contributed by atoms with E-state index in [9.17, 15) is 4.79 Å². The molecular formula is C29H17NO2. The summed E-state index contributed by atoms with van der Waals surface area (Å²) in [5.74, 6) is 1.71. The monoisotopic (exact) mass is 411 g/mol. The minimum Gasteiger partial charge on any atom is -0.453 e. The van der Waals surface area contributed by atoms with E-state index in [2.05, 4.69) is 35.2 Å². The van der Waals surface area contributed by atoms with Crippen LogP contribution in [0.25, 0.3) is 21.9 Å². The van der Waals surface area contributed by atoms with Gasteiger partial charge in [-0.3, -0.25) is 4.79 Å². The quantitative estimate of drug-likeness (QED) is 0.278. The third-order valence-electron chi connectivity index (χ3n) is 6.40. The van der Waals surface area contributed by atoms with Crippen LogP contribution in [0.3, 0.4) is 0 Å². The zero-order valence-electron chi connectivity index (χ0n) is 17.1. The first-order chi connectivity index (χ1) is 15.8. The molecule has 150 valence electrons. The maximum atomic E-state index is 13.3. The van der Waals surface area contributed by atoms with Crippen molar-refractivity contribution in [2.45, 2.75) is 0 Å². The highest BCUT2D eigenvalue weighted by atomic mass is 16.5. The fraction of sp³-hybridized carbons (Fsp3) is 0. The summed E-state index contributed by atoms with van der Waals surface area (Å²) in [7, 11) is 0. The van der Waals surface area contributed by atoms with Crippen molar-refractivity contribution in [2.24, 2.45) is 0 Å². The smallest absolute Gasteiger partial charge is 0.194 e. The topological polar surface area (TPSA) is 29.5 Å². The van der Waals surface area contributed by atoms with Crippen molar-refractivity contribution in [1.82, 2.24) is 0 Å². The molecule has 0 atom stereocenters. The number of ketones is 1. The van der Waals surface area contributed by atoms with Crippen LogP contribution in [0.5, 0.6) is 11.5 Å². The van der Waals surface area contributed by atoms with Crippen LogP contribution in [-0.2, 0) is 0 Å². The zero-order chi connectivity index (χ0) is 21.2. The lowest BCUT2D eigenvalue weighted by atomic mass is 9.82. The van der Waals surface area contributed by atoms with E-state index in [0.717, 1.165) is 61.6 Å². The third kappa shape index (κ3) is 2.22. The number of hydrogen-bond donors (Lipinski definition) is 0. The Morgan fingerprint density at radius 3 is 1.88 bits per heavy atom. The average Bonchev–Trinajstić information content (AvgIpc) is 2.85. The molecule has 0 radical (unpaired) electrons.